The van der Waals surface area contributed by atoms with Gasteiger partial charge in [-0.2, -0.15) is 0 Å². The van der Waals surface area contributed by atoms with Gasteiger partial charge in [0.15, 0.2) is 0 Å². The largest absolute Gasteiger partial charge is 0.496 e. The summed E-state index contributed by atoms with van der Waals surface area (Å²) in [4.78, 5) is 0. The van der Waals surface area contributed by atoms with Gasteiger partial charge in [0.25, 0.3) is 0 Å². The summed E-state index contributed by atoms with van der Waals surface area (Å²) in [6, 6.07) is 6.31. The lowest BCUT2D eigenvalue weighted by Gasteiger charge is -2.25. The van der Waals surface area contributed by atoms with Crippen molar-refractivity contribution in [2.75, 3.05) is 12.4 Å². The van der Waals surface area contributed by atoms with E-state index in [4.69, 9.17) is 4.74 Å². The third kappa shape index (κ3) is 2.30. The van der Waals surface area contributed by atoms with Crippen LogP contribution < -0.4 is 4.74 Å². The first-order chi connectivity index (χ1) is 6.51. The summed E-state index contributed by atoms with van der Waals surface area (Å²) in [7, 11) is 1.72. The van der Waals surface area contributed by atoms with Gasteiger partial charge >= 0.3 is 0 Å². The minimum absolute atomic E-state index is 0.108. The van der Waals surface area contributed by atoms with Crippen LogP contribution in [-0.2, 0) is 5.41 Å². The van der Waals surface area contributed by atoms with Gasteiger partial charge in [-0.05, 0) is 13.0 Å². The Morgan fingerprint density at radius 3 is 2.50 bits per heavy atom. The molecule has 2 heteroatoms. The van der Waals surface area contributed by atoms with Gasteiger partial charge < -0.3 is 4.74 Å². The Morgan fingerprint density at radius 1 is 1.36 bits per heavy atom. The molecule has 0 atom stereocenters. The second-order valence-corrected chi connectivity index (χ2v) is 4.78. The van der Waals surface area contributed by atoms with Gasteiger partial charge in [-0.15, -0.1) is 0 Å². The van der Waals surface area contributed by atoms with E-state index < -0.39 is 0 Å². The van der Waals surface area contributed by atoms with Crippen LogP contribution in [0.3, 0.4) is 0 Å². The van der Waals surface area contributed by atoms with Crippen molar-refractivity contribution in [3.8, 4) is 5.75 Å². The smallest absolute Gasteiger partial charge is 0.122 e. The molecule has 0 saturated heterocycles. The number of aryl methyl sites for hydroxylation is 1. The predicted octanol–water partition coefficient (Wildman–Crippen LogP) is 3.68. The lowest BCUT2D eigenvalue weighted by molar-refractivity contribution is 0.398. The molecular formula is C12H17BrO. The number of benzene rings is 1. The lowest BCUT2D eigenvalue weighted by Crippen LogP contribution is -2.20. The molecule has 14 heavy (non-hydrogen) atoms. The SMILES string of the molecule is COc1ccc(C)cc1C(C)(C)CBr. The van der Waals surface area contributed by atoms with Crippen LogP contribution in [0.15, 0.2) is 18.2 Å². The number of alkyl halides is 1. The molecule has 0 amide bonds. The number of ether oxygens (including phenoxy) is 1. The fraction of sp³-hybridized carbons (Fsp3) is 0.500. The zero-order valence-electron chi connectivity index (χ0n) is 9.23. The van der Waals surface area contributed by atoms with Crippen LogP contribution in [0.2, 0.25) is 0 Å². The van der Waals surface area contributed by atoms with E-state index in [0.717, 1.165) is 11.1 Å². The van der Waals surface area contributed by atoms with E-state index >= 15 is 0 Å². The summed E-state index contributed by atoms with van der Waals surface area (Å²) < 4.78 is 5.37. The molecule has 0 spiro atoms. The van der Waals surface area contributed by atoms with Gasteiger partial charge in [-0.3, -0.25) is 0 Å². The fourth-order valence-corrected chi connectivity index (χ4v) is 1.72. The maximum Gasteiger partial charge on any atom is 0.122 e. The van der Waals surface area contributed by atoms with Crippen molar-refractivity contribution in [2.24, 2.45) is 0 Å². The van der Waals surface area contributed by atoms with E-state index in [1.807, 2.05) is 6.07 Å². The molecule has 1 aromatic rings. The highest BCUT2D eigenvalue weighted by Crippen LogP contribution is 2.33. The van der Waals surface area contributed by atoms with Crippen LogP contribution in [0.4, 0.5) is 0 Å². The maximum atomic E-state index is 5.37. The molecule has 0 saturated carbocycles. The zero-order chi connectivity index (χ0) is 10.8. The van der Waals surface area contributed by atoms with Gasteiger partial charge in [0, 0.05) is 16.3 Å². The number of hydrogen-bond donors (Lipinski definition) is 0. The van der Waals surface area contributed by atoms with Crippen molar-refractivity contribution in [3.63, 3.8) is 0 Å². The monoisotopic (exact) mass is 256 g/mol. The molecule has 0 N–H and O–H groups in total. The van der Waals surface area contributed by atoms with E-state index in [1.165, 1.54) is 11.1 Å². The molecule has 0 aliphatic rings. The summed E-state index contributed by atoms with van der Waals surface area (Å²) in [5, 5.41) is 0.930. The normalized spacial score (nSPS) is 11.5. The first-order valence-electron chi connectivity index (χ1n) is 4.72. The van der Waals surface area contributed by atoms with Gasteiger partial charge in [-0.1, -0.05) is 47.5 Å². The average molecular weight is 257 g/mol. The molecule has 1 aromatic carbocycles. The summed E-state index contributed by atoms with van der Waals surface area (Å²) in [5.74, 6) is 0.972. The summed E-state index contributed by atoms with van der Waals surface area (Å²) in [6.07, 6.45) is 0. The highest BCUT2D eigenvalue weighted by atomic mass is 79.9. The molecule has 0 aromatic heterocycles. The molecule has 0 aliphatic heterocycles. The summed E-state index contributed by atoms with van der Waals surface area (Å²) in [6.45, 7) is 6.52. The number of methoxy groups -OCH3 is 1. The van der Waals surface area contributed by atoms with Crippen molar-refractivity contribution in [3.05, 3.63) is 29.3 Å². The van der Waals surface area contributed by atoms with E-state index in [1.54, 1.807) is 7.11 Å². The average Bonchev–Trinajstić information content (AvgIpc) is 2.18. The number of rotatable bonds is 3. The molecule has 78 valence electrons. The predicted molar refractivity (Wildman–Crippen MR) is 64.6 cm³/mol. The topological polar surface area (TPSA) is 9.23 Å². The summed E-state index contributed by atoms with van der Waals surface area (Å²) in [5.41, 5.74) is 2.64. The Labute approximate surface area is 94.6 Å². The van der Waals surface area contributed by atoms with Gasteiger partial charge in [-0.25, -0.2) is 0 Å². The molecular weight excluding hydrogens is 240 g/mol. The van der Waals surface area contributed by atoms with Crippen LogP contribution in [0.5, 0.6) is 5.75 Å². The minimum atomic E-state index is 0.108. The number of halogens is 1. The van der Waals surface area contributed by atoms with E-state index in [2.05, 4.69) is 48.8 Å². The third-order valence-corrected chi connectivity index (χ3v) is 3.82. The van der Waals surface area contributed by atoms with Crippen LogP contribution in [0.1, 0.15) is 25.0 Å². The van der Waals surface area contributed by atoms with Crippen molar-refractivity contribution in [1.29, 1.82) is 0 Å². The minimum Gasteiger partial charge on any atom is -0.496 e. The lowest BCUT2D eigenvalue weighted by atomic mass is 9.85. The van der Waals surface area contributed by atoms with Crippen molar-refractivity contribution < 1.29 is 4.74 Å². The Bertz CT molecular complexity index is 318. The van der Waals surface area contributed by atoms with Crippen LogP contribution >= 0.6 is 15.9 Å². The Morgan fingerprint density at radius 2 is 2.00 bits per heavy atom. The molecule has 1 rings (SSSR count). The molecule has 1 nitrogen and oxygen atoms in total. The molecule has 0 aliphatic carbocycles. The van der Waals surface area contributed by atoms with Gasteiger partial charge in [0.2, 0.25) is 0 Å². The van der Waals surface area contributed by atoms with E-state index in [0.29, 0.717) is 0 Å². The Hall–Kier alpha value is -0.500. The zero-order valence-corrected chi connectivity index (χ0v) is 10.8. The molecule has 0 radical (unpaired) electrons. The van der Waals surface area contributed by atoms with Gasteiger partial charge in [0.05, 0.1) is 7.11 Å². The van der Waals surface area contributed by atoms with Crippen molar-refractivity contribution in [2.45, 2.75) is 26.2 Å². The molecule has 0 unspecified atom stereocenters. The molecule has 0 heterocycles. The molecule has 0 fully saturated rings. The fourth-order valence-electron chi connectivity index (χ4n) is 1.42. The summed E-state index contributed by atoms with van der Waals surface area (Å²) >= 11 is 3.54. The first-order valence-corrected chi connectivity index (χ1v) is 5.84. The number of hydrogen-bond acceptors (Lipinski definition) is 1. The third-order valence-electron chi connectivity index (χ3n) is 2.42. The van der Waals surface area contributed by atoms with Gasteiger partial charge in [0.1, 0.15) is 5.75 Å². The van der Waals surface area contributed by atoms with Crippen molar-refractivity contribution in [1.82, 2.24) is 0 Å². The van der Waals surface area contributed by atoms with Crippen LogP contribution in [-0.4, -0.2) is 12.4 Å². The maximum absolute atomic E-state index is 5.37. The van der Waals surface area contributed by atoms with E-state index in [-0.39, 0.29) is 5.41 Å². The Kier molecular flexibility index (Phi) is 3.59. The second kappa shape index (κ2) is 4.35. The molecule has 0 bridgehead atoms. The first kappa shape index (κ1) is 11.6. The highest BCUT2D eigenvalue weighted by molar-refractivity contribution is 9.09. The second-order valence-electron chi connectivity index (χ2n) is 4.22. The quantitative estimate of drug-likeness (QED) is 0.750. The van der Waals surface area contributed by atoms with Crippen molar-refractivity contribution >= 4 is 15.9 Å². The van der Waals surface area contributed by atoms with E-state index in [9.17, 15) is 0 Å². The highest BCUT2D eigenvalue weighted by Gasteiger charge is 2.22. The van der Waals surface area contributed by atoms with Crippen LogP contribution in [0.25, 0.3) is 0 Å². The van der Waals surface area contributed by atoms with Crippen LogP contribution in [0, 0.1) is 6.92 Å². The Balaban J connectivity index is 3.23. The standard InChI is InChI=1S/C12H17BrO/c1-9-5-6-11(14-4)10(7-9)12(2,3)8-13/h5-7H,8H2,1-4H3.